The van der Waals surface area contributed by atoms with Gasteiger partial charge < -0.3 is 5.32 Å². The smallest absolute Gasteiger partial charge is 0.0133 e. The van der Waals surface area contributed by atoms with E-state index in [9.17, 15) is 0 Å². The van der Waals surface area contributed by atoms with Crippen LogP contribution in [-0.2, 0) is 0 Å². The van der Waals surface area contributed by atoms with Crippen molar-refractivity contribution in [2.24, 2.45) is 88.3 Å². The van der Waals surface area contributed by atoms with Crippen LogP contribution < -0.4 is 5.32 Å². The number of likely N-dealkylation sites (tertiary alicyclic amines) is 2. The normalized spacial score (nSPS) is 52.2. The number of fused-ring (bicyclic) bond motifs is 9. The Kier molecular flexibility index (Phi) is 11.4. The Hall–Kier alpha value is -0.120. The van der Waals surface area contributed by atoms with Gasteiger partial charge in [-0.05, 0) is 230 Å². The average molecular weight is 808 g/mol. The number of nitrogens with zero attached hydrogens (tertiary/aromatic N) is 2. The molecule has 1 N–H and O–H groups in total. The van der Waals surface area contributed by atoms with Crippen molar-refractivity contribution in [3.05, 3.63) is 0 Å². The second-order valence-corrected chi connectivity index (χ2v) is 26.0. The van der Waals surface area contributed by atoms with Crippen molar-refractivity contribution in [1.29, 1.82) is 0 Å². The zero-order valence-electron chi connectivity index (χ0n) is 38.8. The Morgan fingerprint density at radius 3 is 1.47 bits per heavy atom. The summed E-state index contributed by atoms with van der Waals surface area (Å²) in [6, 6.07) is 5.66. The van der Waals surface area contributed by atoms with Crippen LogP contribution in [0, 0.1) is 88.3 Å². The highest BCUT2D eigenvalue weighted by Gasteiger charge is 2.61. The third-order valence-electron chi connectivity index (χ3n) is 23.8. The fourth-order valence-electron chi connectivity index (χ4n) is 21.6. The molecule has 9 aliphatic carbocycles. The summed E-state index contributed by atoms with van der Waals surface area (Å²) in [4.78, 5) is 6.83. The minimum atomic E-state index is 0.607. The molecule has 3 heterocycles. The Morgan fingerprint density at radius 1 is 0.322 bits per heavy atom. The topological polar surface area (TPSA) is 18.5 Å². The maximum absolute atomic E-state index is 3.75. The molecule has 0 spiro atoms. The first-order valence-corrected chi connectivity index (χ1v) is 28.3. The molecule has 12 aliphatic rings. The van der Waals surface area contributed by atoms with Gasteiger partial charge in [-0.25, -0.2) is 0 Å². The molecular formula is C56H93N3. The molecule has 12 rings (SSSR count). The lowest BCUT2D eigenvalue weighted by Crippen LogP contribution is -2.52. The predicted octanol–water partition coefficient (Wildman–Crippen LogP) is 13.3. The van der Waals surface area contributed by atoms with E-state index in [0.29, 0.717) is 5.41 Å². The maximum Gasteiger partial charge on any atom is 0.0133 e. The molecule has 0 aromatic carbocycles. The van der Waals surface area contributed by atoms with Crippen LogP contribution in [0.1, 0.15) is 213 Å². The highest BCUT2D eigenvalue weighted by atomic mass is 15.3. The summed E-state index contributed by atoms with van der Waals surface area (Å²) in [6.45, 7) is 8.05. The van der Waals surface area contributed by atoms with Crippen LogP contribution in [0.2, 0.25) is 0 Å². The van der Waals surface area contributed by atoms with E-state index in [1.165, 1.54) is 70.9 Å². The van der Waals surface area contributed by atoms with E-state index in [4.69, 9.17) is 0 Å². The van der Waals surface area contributed by atoms with Crippen molar-refractivity contribution in [3.8, 4) is 0 Å². The number of rotatable bonds is 5. The summed E-state index contributed by atoms with van der Waals surface area (Å²) in [6.07, 6.45) is 48.4. The van der Waals surface area contributed by atoms with Gasteiger partial charge in [0, 0.05) is 36.3 Å². The van der Waals surface area contributed by atoms with Crippen molar-refractivity contribution in [1.82, 2.24) is 15.1 Å². The molecule has 3 heteroatoms. The monoisotopic (exact) mass is 808 g/mol. The third kappa shape index (κ3) is 7.07. The quantitative estimate of drug-likeness (QED) is 0.298. The maximum atomic E-state index is 3.75. The summed E-state index contributed by atoms with van der Waals surface area (Å²) in [7, 11) is 0. The van der Waals surface area contributed by atoms with Crippen molar-refractivity contribution < 1.29 is 0 Å². The molecule has 3 nitrogen and oxygen atoms in total. The summed E-state index contributed by atoms with van der Waals surface area (Å²) in [5.74, 6) is 14.6. The number of piperidine rings is 1. The Bertz CT molecular complexity index is 1400. The first kappa shape index (κ1) is 40.4. The molecule has 59 heavy (non-hydrogen) atoms. The molecule has 0 aromatic heterocycles. The largest absolute Gasteiger partial charge is 0.317 e. The lowest BCUT2D eigenvalue weighted by atomic mass is 9.62. The van der Waals surface area contributed by atoms with Gasteiger partial charge >= 0.3 is 0 Å². The molecule has 0 bridgehead atoms. The van der Waals surface area contributed by atoms with E-state index in [1.54, 1.807) is 141 Å². The lowest BCUT2D eigenvalue weighted by molar-refractivity contribution is -0.00606. The van der Waals surface area contributed by atoms with Gasteiger partial charge in [-0.3, -0.25) is 9.80 Å². The molecule has 18 unspecified atom stereocenters. The summed E-state index contributed by atoms with van der Waals surface area (Å²) in [5.41, 5.74) is 0.607. The van der Waals surface area contributed by atoms with Gasteiger partial charge in [0.2, 0.25) is 0 Å². The van der Waals surface area contributed by atoms with Crippen LogP contribution in [0.25, 0.3) is 0 Å². The predicted molar refractivity (Wildman–Crippen MR) is 245 cm³/mol. The molecular weight excluding hydrogens is 715 g/mol. The highest BCUT2D eigenvalue weighted by Crippen LogP contribution is 2.65. The van der Waals surface area contributed by atoms with E-state index >= 15 is 0 Å². The molecule has 0 aromatic rings. The van der Waals surface area contributed by atoms with Gasteiger partial charge in [0.1, 0.15) is 0 Å². The first-order valence-electron chi connectivity index (χ1n) is 28.3. The Morgan fingerprint density at radius 2 is 0.831 bits per heavy atom. The van der Waals surface area contributed by atoms with Crippen LogP contribution in [0.15, 0.2) is 0 Å². The summed E-state index contributed by atoms with van der Waals surface area (Å²) < 4.78 is 0. The average Bonchev–Trinajstić information content (AvgIpc) is 3.89. The van der Waals surface area contributed by atoms with Gasteiger partial charge in [-0.2, -0.15) is 0 Å². The highest BCUT2D eigenvalue weighted by molar-refractivity contribution is 5.13. The van der Waals surface area contributed by atoms with Gasteiger partial charge in [0.05, 0.1) is 0 Å². The number of nitrogens with one attached hydrogen (secondary N) is 1. The SMILES string of the molecule is CC1(C)C2CCCCC2C2CC(N3C4CCCCC4C4CC(C5CCC6C(C5)C5CCCCC5N6C5CC(C6CCCCC6)CC(C6CCNCC6)C5)CCC43)CCC21. The molecule has 3 aliphatic heterocycles. The summed E-state index contributed by atoms with van der Waals surface area (Å²) >= 11 is 0. The van der Waals surface area contributed by atoms with Crippen molar-refractivity contribution in [2.75, 3.05) is 13.1 Å². The summed E-state index contributed by atoms with van der Waals surface area (Å²) in [5, 5.41) is 3.75. The van der Waals surface area contributed by atoms with Crippen molar-refractivity contribution in [2.45, 2.75) is 249 Å². The van der Waals surface area contributed by atoms with E-state index < -0.39 is 0 Å². The standard InChI is InChI=1S/C56H93N3/c1-56(2)50-17-9-6-14-44(50)47-35-42(22-23-51(47)56)58-52-18-10-7-15-45(52)48-33-38(20-24-54(48)58)39-21-25-55-49(34-39)46-16-8-11-19-53(46)59(55)43-31-40(36-12-4-3-5-13-36)30-41(32-43)37-26-28-57-29-27-37/h36-55,57H,3-35H2,1-2H3. The minimum Gasteiger partial charge on any atom is -0.317 e. The molecule has 332 valence electrons. The van der Waals surface area contributed by atoms with Crippen molar-refractivity contribution in [3.63, 3.8) is 0 Å². The van der Waals surface area contributed by atoms with Crippen LogP contribution in [0.5, 0.6) is 0 Å². The molecule has 0 radical (unpaired) electrons. The van der Waals surface area contributed by atoms with Gasteiger partial charge in [0.15, 0.2) is 0 Å². The first-order chi connectivity index (χ1) is 29.0. The van der Waals surface area contributed by atoms with E-state index in [-0.39, 0.29) is 0 Å². The Balaban J connectivity index is 0.751. The third-order valence-corrected chi connectivity index (χ3v) is 23.8. The van der Waals surface area contributed by atoms with E-state index in [1.807, 2.05) is 0 Å². The van der Waals surface area contributed by atoms with Gasteiger partial charge in [0.25, 0.3) is 0 Å². The second kappa shape index (κ2) is 16.7. The molecule has 0 amide bonds. The van der Waals surface area contributed by atoms with Crippen LogP contribution in [-0.4, -0.2) is 59.1 Å². The molecule has 9 saturated carbocycles. The van der Waals surface area contributed by atoms with Gasteiger partial charge in [-0.1, -0.05) is 84.5 Å². The zero-order chi connectivity index (χ0) is 39.2. The van der Waals surface area contributed by atoms with E-state index in [2.05, 4.69) is 29.0 Å². The molecule has 12 fully saturated rings. The van der Waals surface area contributed by atoms with E-state index in [0.717, 1.165) is 119 Å². The second-order valence-electron chi connectivity index (χ2n) is 26.0. The van der Waals surface area contributed by atoms with Gasteiger partial charge in [-0.15, -0.1) is 0 Å². The Labute approximate surface area is 364 Å². The molecule has 3 saturated heterocycles. The minimum absolute atomic E-state index is 0.607. The van der Waals surface area contributed by atoms with Crippen molar-refractivity contribution >= 4 is 0 Å². The fourth-order valence-corrected chi connectivity index (χ4v) is 21.6. The fraction of sp³-hybridized carbons (Fsp3) is 1.00. The number of hydrogen-bond donors (Lipinski definition) is 1. The van der Waals surface area contributed by atoms with Crippen LogP contribution in [0.4, 0.5) is 0 Å². The van der Waals surface area contributed by atoms with Crippen LogP contribution >= 0.6 is 0 Å². The lowest BCUT2D eigenvalue weighted by Gasteiger charge is -2.50. The zero-order valence-corrected chi connectivity index (χ0v) is 38.8. The number of hydrogen-bond acceptors (Lipinski definition) is 3. The molecule has 18 atom stereocenters. The van der Waals surface area contributed by atoms with Crippen LogP contribution in [0.3, 0.4) is 0 Å².